The van der Waals surface area contributed by atoms with Crippen LogP contribution in [0.25, 0.3) is 6.08 Å². The highest BCUT2D eigenvalue weighted by Gasteiger charge is 1.98. The molecule has 0 spiro atoms. The zero-order valence-electron chi connectivity index (χ0n) is 7.90. The smallest absolute Gasteiger partial charge is 0.142 e. The van der Waals surface area contributed by atoms with Crippen molar-refractivity contribution in [2.75, 3.05) is 19.0 Å². The van der Waals surface area contributed by atoms with Crippen molar-refractivity contribution in [2.24, 2.45) is 0 Å². The number of anilines is 1. The average molecular weight is 175 g/mol. The first kappa shape index (κ1) is 9.52. The molecule has 0 saturated carbocycles. The van der Waals surface area contributed by atoms with Crippen LogP contribution >= 0.6 is 0 Å². The van der Waals surface area contributed by atoms with E-state index >= 15 is 0 Å². The molecular weight excluding hydrogens is 162 g/mol. The molecule has 0 atom stereocenters. The first-order valence-corrected chi connectivity index (χ1v) is 4.14. The molecule has 0 aliphatic carbocycles. The molecule has 0 unspecified atom stereocenters. The number of benzene rings is 1. The molecule has 0 amide bonds. The van der Waals surface area contributed by atoms with Crippen molar-refractivity contribution in [3.63, 3.8) is 0 Å². The van der Waals surface area contributed by atoms with Gasteiger partial charge in [-0.3, -0.25) is 4.79 Å². The Morgan fingerprint density at radius 3 is 2.54 bits per heavy atom. The van der Waals surface area contributed by atoms with E-state index in [2.05, 4.69) is 0 Å². The van der Waals surface area contributed by atoms with Crippen LogP contribution in [0.3, 0.4) is 0 Å². The number of rotatable bonds is 3. The minimum atomic E-state index is 0.784. The normalized spacial score (nSPS) is 10.3. The second kappa shape index (κ2) is 4.45. The van der Waals surface area contributed by atoms with Crippen LogP contribution in [0, 0.1) is 0 Å². The molecule has 1 aromatic rings. The Kier molecular flexibility index (Phi) is 3.26. The van der Waals surface area contributed by atoms with Gasteiger partial charge in [-0.2, -0.15) is 0 Å². The number of nitrogens with zero attached hydrogens (tertiary/aromatic N) is 1. The maximum atomic E-state index is 10.2. The summed E-state index contributed by atoms with van der Waals surface area (Å²) < 4.78 is 0. The van der Waals surface area contributed by atoms with Gasteiger partial charge in [-0.1, -0.05) is 18.2 Å². The van der Waals surface area contributed by atoms with Crippen molar-refractivity contribution in [1.82, 2.24) is 0 Å². The maximum Gasteiger partial charge on any atom is 0.142 e. The fraction of sp³-hybridized carbons (Fsp3) is 0.182. The van der Waals surface area contributed by atoms with Crippen LogP contribution in [0.15, 0.2) is 30.3 Å². The van der Waals surface area contributed by atoms with Crippen LogP contribution in [0.5, 0.6) is 0 Å². The second-order valence-electron chi connectivity index (χ2n) is 2.95. The molecule has 2 heteroatoms. The standard InChI is InChI=1S/C11H13NO/c1-12(2)11-8-4-3-6-10(11)7-5-9-13/h3-9H,1-2H3/b7-5+. The van der Waals surface area contributed by atoms with Crippen molar-refractivity contribution < 1.29 is 4.79 Å². The van der Waals surface area contributed by atoms with Crippen LogP contribution in [0.2, 0.25) is 0 Å². The van der Waals surface area contributed by atoms with Crippen molar-refractivity contribution >= 4 is 18.0 Å². The predicted molar refractivity (Wildman–Crippen MR) is 55.9 cm³/mol. The van der Waals surface area contributed by atoms with E-state index in [1.54, 1.807) is 0 Å². The Labute approximate surface area is 78.5 Å². The van der Waals surface area contributed by atoms with Crippen molar-refractivity contribution in [3.05, 3.63) is 35.9 Å². The van der Waals surface area contributed by atoms with E-state index in [1.165, 1.54) is 6.08 Å². The van der Waals surface area contributed by atoms with E-state index in [9.17, 15) is 4.79 Å². The highest BCUT2D eigenvalue weighted by Crippen LogP contribution is 2.18. The average Bonchev–Trinajstić information content (AvgIpc) is 2.15. The summed E-state index contributed by atoms with van der Waals surface area (Å²) in [4.78, 5) is 12.2. The fourth-order valence-corrected chi connectivity index (χ4v) is 1.18. The molecule has 1 rings (SSSR count). The molecular formula is C11H13NO. The van der Waals surface area contributed by atoms with E-state index in [0.717, 1.165) is 17.5 Å². The van der Waals surface area contributed by atoms with Gasteiger partial charge in [0, 0.05) is 19.8 Å². The minimum absolute atomic E-state index is 0.784. The van der Waals surface area contributed by atoms with E-state index in [1.807, 2.05) is 49.3 Å². The van der Waals surface area contributed by atoms with Crippen molar-refractivity contribution in [1.29, 1.82) is 0 Å². The number of allylic oxidation sites excluding steroid dienone is 1. The number of carbonyl (C=O) groups excluding carboxylic acids is 1. The van der Waals surface area contributed by atoms with Crippen LogP contribution in [0.4, 0.5) is 5.69 Å². The minimum Gasteiger partial charge on any atom is -0.377 e. The summed E-state index contributed by atoms with van der Waals surface area (Å²) in [7, 11) is 3.96. The number of para-hydroxylation sites is 1. The van der Waals surface area contributed by atoms with Gasteiger partial charge in [0.1, 0.15) is 6.29 Å². The van der Waals surface area contributed by atoms with Crippen molar-refractivity contribution in [3.8, 4) is 0 Å². The Bertz CT molecular complexity index is 316. The predicted octanol–water partition coefficient (Wildman–Crippen LogP) is 1.96. The Hall–Kier alpha value is -1.57. The number of hydrogen-bond acceptors (Lipinski definition) is 2. The summed E-state index contributed by atoms with van der Waals surface area (Å²) in [5.74, 6) is 0. The summed E-state index contributed by atoms with van der Waals surface area (Å²) in [5, 5.41) is 0. The first-order chi connectivity index (χ1) is 6.25. The number of hydrogen-bond donors (Lipinski definition) is 0. The van der Waals surface area contributed by atoms with Gasteiger partial charge in [-0.05, 0) is 23.8 Å². The van der Waals surface area contributed by atoms with E-state index in [0.29, 0.717) is 0 Å². The van der Waals surface area contributed by atoms with Gasteiger partial charge < -0.3 is 4.90 Å². The van der Waals surface area contributed by atoms with Crippen molar-refractivity contribution in [2.45, 2.75) is 0 Å². The lowest BCUT2D eigenvalue weighted by Gasteiger charge is -2.14. The Balaban J connectivity index is 3.04. The largest absolute Gasteiger partial charge is 0.377 e. The molecule has 0 aliphatic heterocycles. The van der Waals surface area contributed by atoms with Crippen LogP contribution in [0.1, 0.15) is 5.56 Å². The third-order valence-electron chi connectivity index (χ3n) is 1.77. The summed E-state index contributed by atoms with van der Waals surface area (Å²) in [6.07, 6.45) is 4.09. The lowest BCUT2D eigenvalue weighted by Crippen LogP contribution is -2.09. The molecule has 13 heavy (non-hydrogen) atoms. The zero-order chi connectivity index (χ0) is 9.68. The summed E-state index contributed by atoms with van der Waals surface area (Å²) in [6.45, 7) is 0. The number of carbonyl (C=O) groups is 1. The molecule has 68 valence electrons. The Morgan fingerprint density at radius 1 is 1.23 bits per heavy atom. The SMILES string of the molecule is CN(C)c1ccccc1/C=C/C=O. The van der Waals surface area contributed by atoms with Gasteiger partial charge in [-0.25, -0.2) is 0 Å². The summed E-state index contributed by atoms with van der Waals surface area (Å²) in [5.41, 5.74) is 2.17. The molecule has 0 N–H and O–H groups in total. The van der Waals surface area contributed by atoms with Crippen LogP contribution < -0.4 is 4.90 Å². The van der Waals surface area contributed by atoms with Crippen LogP contribution in [-0.4, -0.2) is 20.4 Å². The molecule has 0 aliphatic rings. The van der Waals surface area contributed by atoms with Crippen LogP contribution in [-0.2, 0) is 4.79 Å². The highest BCUT2D eigenvalue weighted by molar-refractivity contribution is 5.78. The third-order valence-corrected chi connectivity index (χ3v) is 1.77. The lowest BCUT2D eigenvalue weighted by atomic mass is 10.1. The number of aldehydes is 1. The molecule has 1 aromatic carbocycles. The zero-order valence-corrected chi connectivity index (χ0v) is 7.90. The van der Waals surface area contributed by atoms with Gasteiger partial charge in [0.2, 0.25) is 0 Å². The molecule has 0 radical (unpaired) electrons. The molecule has 0 saturated heterocycles. The van der Waals surface area contributed by atoms with Gasteiger partial charge in [-0.15, -0.1) is 0 Å². The van der Waals surface area contributed by atoms with E-state index < -0.39 is 0 Å². The van der Waals surface area contributed by atoms with E-state index in [-0.39, 0.29) is 0 Å². The quantitative estimate of drug-likeness (QED) is 0.517. The topological polar surface area (TPSA) is 20.3 Å². The molecule has 0 heterocycles. The second-order valence-corrected chi connectivity index (χ2v) is 2.95. The van der Waals surface area contributed by atoms with E-state index in [4.69, 9.17) is 0 Å². The van der Waals surface area contributed by atoms with Gasteiger partial charge in [0.25, 0.3) is 0 Å². The Morgan fingerprint density at radius 2 is 1.92 bits per heavy atom. The maximum absolute atomic E-state index is 10.2. The van der Waals surface area contributed by atoms with Gasteiger partial charge in [0.05, 0.1) is 0 Å². The molecule has 0 aromatic heterocycles. The van der Waals surface area contributed by atoms with Gasteiger partial charge in [0.15, 0.2) is 0 Å². The molecule has 0 fully saturated rings. The first-order valence-electron chi connectivity index (χ1n) is 4.14. The monoisotopic (exact) mass is 175 g/mol. The third kappa shape index (κ3) is 2.44. The molecule has 2 nitrogen and oxygen atoms in total. The molecule has 0 bridgehead atoms. The summed E-state index contributed by atoms with van der Waals surface area (Å²) in [6, 6.07) is 7.94. The highest BCUT2D eigenvalue weighted by atomic mass is 16.1. The summed E-state index contributed by atoms with van der Waals surface area (Å²) >= 11 is 0. The lowest BCUT2D eigenvalue weighted by molar-refractivity contribution is -0.104. The van der Waals surface area contributed by atoms with Gasteiger partial charge >= 0.3 is 0 Å². The fourth-order valence-electron chi connectivity index (χ4n) is 1.18.